The van der Waals surface area contributed by atoms with E-state index in [1.54, 1.807) is 18.9 Å². The number of nitrogens with two attached hydrogens (primary N) is 1. The molecule has 2 unspecified atom stereocenters. The molecule has 2 atom stereocenters. The SMILES string of the molecule is CC(SCC(=O)Nc1ccc(F)cc1)C(=O)N(C)C(C)CN.Cl. The molecule has 0 heterocycles. The zero-order valence-corrected chi connectivity index (χ0v) is 15.0. The number of nitrogens with one attached hydrogen (secondary N) is 1. The second-order valence-electron chi connectivity index (χ2n) is 5.04. The van der Waals surface area contributed by atoms with Crippen molar-refractivity contribution in [2.24, 2.45) is 5.73 Å². The van der Waals surface area contributed by atoms with Crippen molar-refractivity contribution in [3.05, 3.63) is 30.1 Å². The maximum atomic E-state index is 12.8. The van der Waals surface area contributed by atoms with Crippen molar-refractivity contribution in [3.63, 3.8) is 0 Å². The third-order valence-electron chi connectivity index (χ3n) is 3.29. The van der Waals surface area contributed by atoms with Crippen molar-refractivity contribution < 1.29 is 14.0 Å². The van der Waals surface area contributed by atoms with Gasteiger partial charge in [0, 0.05) is 25.3 Å². The lowest BCUT2D eigenvalue weighted by molar-refractivity contribution is -0.130. The minimum absolute atomic E-state index is 0. The summed E-state index contributed by atoms with van der Waals surface area (Å²) in [5.74, 6) is -0.498. The van der Waals surface area contributed by atoms with Crippen molar-refractivity contribution in [2.45, 2.75) is 25.1 Å². The molecule has 0 aromatic heterocycles. The number of likely N-dealkylation sites (N-methyl/N-ethyl adjacent to an activating group) is 1. The Morgan fingerprint density at radius 2 is 1.87 bits per heavy atom. The molecular weight excluding hydrogens is 341 g/mol. The highest BCUT2D eigenvalue weighted by atomic mass is 35.5. The molecule has 23 heavy (non-hydrogen) atoms. The number of hydrogen-bond acceptors (Lipinski definition) is 4. The van der Waals surface area contributed by atoms with Crippen LogP contribution in [0.1, 0.15) is 13.8 Å². The van der Waals surface area contributed by atoms with Crippen LogP contribution in [0.2, 0.25) is 0 Å². The first-order valence-corrected chi connectivity index (χ1v) is 8.03. The molecule has 0 aliphatic rings. The summed E-state index contributed by atoms with van der Waals surface area (Å²) in [5.41, 5.74) is 6.07. The summed E-state index contributed by atoms with van der Waals surface area (Å²) in [7, 11) is 1.70. The maximum absolute atomic E-state index is 12.8. The molecule has 1 aromatic rings. The number of benzene rings is 1. The Hall–Kier alpha value is -1.31. The molecule has 0 aliphatic carbocycles. The van der Waals surface area contributed by atoms with Gasteiger partial charge in [-0.05, 0) is 38.1 Å². The highest BCUT2D eigenvalue weighted by molar-refractivity contribution is 8.01. The van der Waals surface area contributed by atoms with E-state index in [9.17, 15) is 14.0 Å². The van der Waals surface area contributed by atoms with Crippen LogP contribution in [-0.4, -0.2) is 47.4 Å². The van der Waals surface area contributed by atoms with Crippen molar-refractivity contribution in [1.29, 1.82) is 0 Å². The van der Waals surface area contributed by atoms with Crippen LogP contribution < -0.4 is 11.1 Å². The third kappa shape index (κ3) is 7.20. The molecule has 0 aliphatic heterocycles. The van der Waals surface area contributed by atoms with Gasteiger partial charge in [-0.3, -0.25) is 9.59 Å². The molecule has 3 N–H and O–H groups in total. The van der Waals surface area contributed by atoms with E-state index >= 15 is 0 Å². The molecular formula is C15H23ClFN3O2S. The van der Waals surface area contributed by atoms with Crippen molar-refractivity contribution in [3.8, 4) is 0 Å². The lowest BCUT2D eigenvalue weighted by Crippen LogP contribution is -2.43. The summed E-state index contributed by atoms with van der Waals surface area (Å²) in [6.07, 6.45) is 0. The lowest BCUT2D eigenvalue weighted by atomic mass is 10.3. The molecule has 0 saturated heterocycles. The van der Waals surface area contributed by atoms with Crippen LogP contribution in [0.15, 0.2) is 24.3 Å². The molecule has 0 bridgehead atoms. The number of halogens is 2. The fraction of sp³-hybridized carbons (Fsp3) is 0.467. The van der Waals surface area contributed by atoms with Gasteiger partial charge >= 0.3 is 0 Å². The molecule has 2 amide bonds. The Bertz CT molecular complexity index is 516. The molecule has 130 valence electrons. The van der Waals surface area contributed by atoms with Crippen LogP contribution in [0.3, 0.4) is 0 Å². The van der Waals surface area contributed by atoms with Gasteiger partial charge in [-0.15, -0.1) is 24.2 Å². The maximum Gasteiger partial charge on any atom is 0.235 e. The van der Waals surface area contributed by atoms with E-state index in [2.05, 4.69) is 5.32 Å². The van der Waals surface area contributed by atoms with E-state index in [1.807, 2.05) is 6.92 Å². The Morgan fingerprint density at radius 1 is 1.30 bits per heavy atom. The second-order valence-corrected chi connectivity index (χ2v) is 6.37. The zero-order chi connectivity index (χ0) is 16.7. The Kier molecular flexibility index (Phi) is 9.87. The van der Waals surface area contributed by atoms with E-state index in [1.165, 1.54) is 36.0 Å². The molecule has 0 spiro atoms. The quantitative estimate of drug-likeness (QED) is 0.778. The van der Waals surface area contributed by atoms with E-state index in [0.717, 1.165) is 0 Å². The third-order valence-corrected chi connectivity index (χ3v) is 4.42. The largest absolute Gasteiger partial charge is 0.341 e. The van der Waals surface area contributed by atoms with Crippen LogP contribution >= 0.6 is 24.2 Å². The normalized spacial score (nSPS) is 12.7. The van der Waals surface area contributed by atoms with Gasteiger partial charge in [0.25, 0.3) is 0 Å². The summed E-state index contributed by atoms with van der Waals surface area (Å²) in [4.78, 5) is 25.5. The summed E-state index contributed by atoms with van der Waals surface area (Å²) in [6.45, 7) is 4.03. The second kappa shape index (κ2) is 10.5. The van der Waals surface area contributed by atoms with E-state index in [-0.39, 0.29) is 47.1 Å². The van der Waals surface area contributed by atoms with Crippen molar-refractivity contribution >= 4 is 41.7 Å². The number of amides is 2. The Labute approximate surface area is 146 Å². The average Bonchev–Trinajstić information content (AvgIpc) is 2.52. The van der Waals surface area contributed by atoms with E-state index in [4.69, 9.17) is 5.73 Å². The first-order valence-electron chi connectivity index (χ1n) is 6.99. The minimum atomic E-state index is -0.358. The average molecular weight is 364 g/mol. The first kappa shape index (κ1) is 21.7. The van der Waals surface area contributed by atoms with Crippen LogP contribution in [0.5, 0.6) is 0 Å². The topological polar surface area (TPSA) is 75.4 Å². The number of carbonyl (C=O) groups excluding carboxylic acids is 2. The van der Waals surface area contributed by atoms with Crippen molar-refractivity contribution in [2.75, 3.05) is 24.7 Å². The minimum Gasteiger partial charge on any atom is -0.341 e. The smallest absolute Gasteiger partial charge is 0.235 e. The van der Waals surface area contributed by atoms with Crippen LogP contribution in [0.25, 0.3) is 0 Å². The van der Waals surface area contributed by atoms with Gasteiger partial charge in [-0.1, -0.05) is 0 Å². The number of rotatable bonds is 7. The van der Waals surface area contributed by atoms with E-state index in [0.29, 0.717) is 12.2 Å². The van der Waals surface area contributed by atoms with Gasteiger partial charge in [-0.25, -0.2) is 4.39 Å². The molecule has 0 radical (unpaired) electrons. The van der Waals surface area contributed by atoms with E-state index < -0.39 is 0 Å². The summed E-state index contributed by atoms with van der Waals surface area (Å²) in [6, 6.07) is 5.49. The van der Waals surface area contributed by atoms with Crippen molar-refractivity contribution in [1.82, 2.24) is 4.90 Å². The highest BCUT2D eigenvalue weighted by Gasteiger charge is 2.21. The summed E-state index contributed by atoms with van der Waals surface area (Å²) in [5, 5.41) is 2.32. The standard InChI is InChI=1S/C15H22FN3O2S.ClH/c1-10(8-17)19(3)15(21)11(2)22-9-14(20)18-13-6-4-12(16)5-7-13;/h4-7,10-11H,8-9,17H2,1-3H3,(H,18,20);1H. The van der Waals surface area contributed by atoms with Gasteiger partial charge in [0.15, 0.2) is 0 Å². The molecule has 0 saturated carbocycles. The van der Waals surface area contributed by atoms with Crippen LogP contribution in [0, 0.1) is 5.82 Å². The zero-order valence-electron chi connectivity index (χ0n) is 13.4. The Morgan fingerprint density at radius 3 is 2.39 bits per heavy atom. The predicted octanol–water partition coefficient (Wildman–Crippen LogP) is 2.11. The van der Waals surface area contributed by atoms with Gasteiger partial charge in [0.1, 0.15) is 5.82 Å². The predicted molar refractivity (Wildman–Crippen MR) is 95.5 cm³/mol. The number of carbonyl (C=O) groups is 2. The van der Waals surface area contributed by atoms with Gasteiger partial charge in [0.2, 0.25) is 11.8 Å². The van der Waals surface area contributed by atoms with Crippen LogP contribution in [0.4, 0.5) is 10.1 Å². The molecule has 1 aromatic carbocycles. The Balaban J connectivity index is 0.00000484. The molecule has 8 heteroatoms. The fourth-order valence-electron chi connectivity index (χ4n) is 1.66. The molecule has 1 rings (SSSR count). The lowest BCUT2D eigenvalue weighted by Gasteiger charge is -2.26. The highest BCUT2D eigenvalue weighted by Crippen LogP contribution is 2.15. The van der Waals surface area contributed by atoms with Crippen LogP contribution in [-0.2, 0) is 9.59 Å². The van der Waals surface area contributed by atoms with Gasteiger partial charge in [0.05, 0.1) is 11.0 Å². The number of anilines is 1. The number of thioether (sulfide) groups is 1. The summed E-state index contributed by atoms with van der Waals surface area (Å²) < 4.78 is 12.8. The monoisotopic (exact) mass is 363 g/mol. The number of hydrogen-bond donors (Lipinski definition) is 2. The fourth-order valence-corrected chi connectivity index (χ4v) is 2.45. The number of nitrogens with zero attached hydrogens (tertiary/aromatic N) is 1. The summed E-state index contributed by atoms with van der Waals surface area (Å²) >= 11 is 1.25. The first-order chi connectivity index (χ1) is 10.3. The molecule has 5 nitrogen and oxygen atoms in total. The van der Waals surface area contributed by atoms with Gasteiger partial charge < -0.3 is 16.0 Å². The molecule has 0 fully saturated rings. The van der Waals surface area contributed by atoms with Gasteiger partial charge in [-0.2, -0.15) is 0 Å².